The van der Waals surface area contributed by atoms with Gasteiger partial charge in [-0.05, 0) is 24.2 Å². The Morgan fingerprint density at radius 1 is 0.609 bits per heavy atom. The van der Waals surface area contributed by atoms with Crippen LogP contribution in [0.5, 0.6) is 0 Å². The van der Waals surface area contributed by atoms with Crippen LogP contribution in [-0.4, -0.2) is 0 Å². The second kappa shape index (κ2) is 43.1. The van der Waals surface area contributed by atoms with Crippen LogP contribution in [0.3, 0.4) is 0 Å². The maximum atomic E-state index is 2.38. The normalized spacial score (nSPS) is 9.26. The van der Waals surface area contributed by atoms with Crippen molar-refractivity contribution in [3.63, 3.8) is 0 Å². The third-order valence-electron chi connectivity index (χ3n) is 3.50. The zero-order valence-corrected chi connectivity index (χ0v) is 17.0. The van der Waals surface area contributed by atoms with Gasteiger partial charge in [-0.2, -0.15) is 0 Å². The molecule has 0 aliphatic rings. The van der Waals surface area contributed by atoms with Gasteiger partial charge in [-0.1, -0.05) is 131 Å². The summed E-state index contributed by atoms with van der Waals surface area (Å²) in [6.07, 6.45) is 8.43. The maximum Gasteiger partial charge on any atom is -0.0391 e. The first kappa shape index (κ1) is 43.5. The van der Waals surface area contributed by atoms with Crippen LogP contribution in [0.15, 0.2) is 0 Å². The number of rotatable bonds is 8. The summed E-state index contributed by atoms with van der Waals surface area (Å²) in [5.74, 6) is 2.83. The third-order valence-corrected chi connectivity index (χ3v) is 3.50. The van der Waals surface area contributed by atoms with E-state index in [9.17, 15) is 0 Å². The van der Waals surface area contributed by atoms with Gasteiger partial charge in [0.1, 0.15) is 0 Å². The van der Waals surface area contributed by atoms with Gasteiger partial charge in [0.05, 0.1) is 0 Å². The molecule has 0 aromatic rings. The summed E-state index contributed by atoms with van der Waals surface area (Å²) < 4.78 is 0. The molecule has 0 saturated heterocycles. The van der Waals surface area contributed by atoms with Crippen molar-refractivity contribution >= 4 is 0 Å². The third kappa shape index (κ3) is 34.4. The molecule has 0 fully saturated rings. The SMILES string of the molecule is C.C.C.CC.CC.CC.CCCC(CCC)CC(CC)C(C)C. The lowest BCUT2D eigenvalue weighted by atomic mass is 9.81. The molecule has 0 N–H and O–H groups in total. The van der Waals surface area contributed by atoms with Gasteiger partial charge in [0, 0.05) is 0 Å². The predicted octanol–water partition coefficient (Wildman–Crippen LogP) is 10.3. The first-order valence-corrected chi connectivity index (χ1v) is 9.65. The topological polar surface area (TPSA) is 0 Å². The fourth-order valence-corrected chi connectivity index (χ4v) is 2.53. The highest BCUT2D eigenvalue weighted by Crippen LogP contribution is 2.28. The summed E-state index contributed by atoms with van der Waals surface area (Å²) in [5.41, 5.74) is 0. The molecule has 0 rings (SSSR count). The lowest BCUT2D eigenvalue weighted by Gasteiger charge is -2.25. The molecule has 23 heavy (non-hydrogen) atoms. The number of hydrogen-bond donors (Lipinski definition) is 0. The van der Waals surface area contributed by atoms with E-state index in [1.54, 1.807) is 0 Å². The minimum absolute atomic E-state index is 0. The molecular formula is C23H60. The molecule has 0 heterocycles. The van der Waals surface area contributed by atoms with Gasteiger partial charge in [-0.3, -0.25) is 0 Å². The molecule has 0 heteroatoms. The quantitative estimate of drug-likeness (QED) is 0.413. The minimum Gasteiger partial charge on any atom is -0.0776 e. The van der Waals surface area contributed by atoms with Crippen molar-refractivity contribution in [3.05, 3.63) is 0 Å². The van der Waals surface area contributed by atoms with Crippen LogP contribution in [0.25, 0.3) is 0 Å². The molecule has 0 aliphatic heterocycles. The highest BCUT2D eigenvalue weighted by Gasteiger charge is 2.16. The lowest BCUT2D eigenvalue weighted by molar-refractivity contribution is 0.267. The fraction of sp³-hybridized carbons (Fsp3) is 1.00. The Morgan fingerprint density at radius 3 is 1.09 bits per heavy atom. The molecule has 0 aromatic heterocycles. The molecule has 0 saturated carbocycles. The zero-order valence-electron chi connectivity index (χ0n) is 17.0. The van der Waals surface area contributed by atoms with Crippen molar-refractivity contribution < 1.29 is 0 Å². The van der Waals surface area contributed by atoms with E-state index in [-0.39, 0.29) is 22.3 Å². The summed E-state index contributed by atoms with van der Waals surface area (Å²) in [6, 6.07) is 0. The lowest BCUT2D eigenvalue weighted by Crippen LogP contribution is -2.13. The van der Waals surface area contributed by atoms with Crippen LogP contribution in [0.1, 0.15) is 137 Å². The predicted molar refractivity (Wildman–Crippen MR) is 121 cm³/mol. The van der Waals surface area contributed by atoms with E-state index >= 15 is 0 Å². The monoisotopic (exact) mass is 336 g/mol. The summed E-state index contributed by atoms with van der Waals surface area (Å²) in [6.45, 7) is 23.7. The molecule has 0 radical (unpaired) electrons. The highest BCUT2D eigenvalue weighted by molar-refractivity contribution is 4.68. The first-order valence-electron chi connectivity index (χ1n) is 9.65. The van der Waals surface area contributed by atoms with Crippen LogP contribution >= 0.6 is 0 Å². The Morgan fingerprint density at radius 2 is 0.913 bits per heavy atom. The smallest absolute Gasteiger partial charge is 0.0391 e. The van der Waals surface area contributed by atoms with Crippen LogP contribution in [-0.2, 0) is 0 Å². The second-order valence-electron chi connectivity index (χ2n) is 5.09. The molecule has 1 unspecified atom stereocenters. The van der Waals surface area contributed by atoms with E-state index in [1.165, 1.54) is 38.5 Å². The van der Waals surface area contributed by atoms with Crippen molar-refractivity contribution in [3.8, 4) is 0 Å². The van der Waals surface area contributed by atoms with Crippen molar-refractivity contribution in [2.45, 2.75) is 137 Å². The molecular weight excluding hydrogens is 276 g/mol. The standard InChI is InChI=1S/C14H30.3C2H6.3CH4/c1-6-9-13(10-7-2)11-14(8-3)12(4)5;3*1-2;;;/h12-14H,6-11H2,1-5H3;3*1-2H3;3*1H4. The Labute approximate surface area is 155 Å². The summed E-state index contributed by atoms with van der Waals surface area (Å²) in [4.78, 5) is 0. The van der Waals surface area contributed by atoms with E-state index in [1.807, 2.05) is 41.5 Å². The van der Waals surface area contributed by atoms with Crippen LogP contribution in [0, 0.1) is 17.8 Å². The summed E-state index contributed by atoms with van der Waals surface area (Å²) in [5, 5.41) is 0. The molecule has 1 atom stereocenters. The Kier molecular flexibility index (Phi) is 81.5. The van der Waals surface area contributed by atoms with Gasteiger partial charge in [-0.25, -0.2) is 0 Å². The Hall–Kier alpha value is 0. The molecule has 0 aliphatic carbocycles. The molecule has 0 spiro atoms. The Balaban J connectivity index is -0.0000000508. The van der Waals surface area contributed by atoms with Gasteiger partial charge in [0.15, 0.2) is 0 Å². The van der Waals surface area contributed by atoms with Gasteiger partial charge in [-0.15, -0.1) is 0 Å². The van der Waals surface area contributed by atoms with Crippen molar-refractivity contribution in [1.82, 2.24) is 0 Å². The molecule has 152 valence electrons. The number of hydrogen-bond acceptors (Lipinski definition) is 0. The fourth-order valence-electron chi connectivity index (χ4n) is 2.53. The average molecular weight is 337 g/mol. The van der Waals surface area contributed by atoms with Gasteiger partial charge in [0.2, 0.25) is 0 Å². The summed E-state index contributed by atoms with van der Waals surface area (Å²) >= 11 is 0. The van der Waals surface area contributed by atoms with E-state index < -0.39 is 0 Å². The zero-order chi connectivity index (χ0) is 17.0. The van der Waals surface area contributed by atoms with E-state index in [0.717, 1.165) is 17.8 Å². The van der Waals surface area contributed by atoms with E-state index in [2.05, 4.69) is 34.6 Å². The second-order valence-corrected chi connectivity index (χ2v) is 5.09. The molecule has 0 bridgehead atoms. The van der Waals surface area contributed by atoms with Gasteiger partial charge < -0.3 is 0 Å². The summed E-state index contributed by atoms with van der Waals surface area (Å²) in [7, 11) is 0. The van der Waals surface area contributed by atoms with Crippen LogP contribution < -0.4 is 0 Å². The first-order chi connectivity index (χ1) is 9.65. The van der Waals surface area contributed by atoms with Crippen molar-refractivity contribution in [1.29, 1.82) is 0 Å². The minimum atomic E-state index is 0. The van der Waals surface area contributed by atoms with Gasteiger partial charge >= 0.3 is 0 Å². The highest BCUT2D eigenvalue weighted by atomic mass is 14.2. The average Bonchev–Trinajstić information content (AvgIpc) is 2.51. The van der Waals surface area contributed by atoms with Crippen LogP contribution in [0.2, 0.25) is 0 Å². The molecule has 0 amide bonds. The maximum absolute atomic E-state index is 2.38. The van der Waals surface area contributed by atoms with E-state index in [4.69, 9.17) is 0 Å². The molecule has 0 aromatic carbocycles. The van der Waals surface area contributed by atoms with Crippen LogP contribution in [0.4, 0.5) is 0 Å². The van der Waals surface area contributed by atoms with Gasteiger partial charge in [0.25, 0.3) is 0 Å². The van der Waals surface area contributed by atoms with Crippen molar-refractivity contribution in [2.24, 2.45) is 17.8 Å². The van der Waals surface area contributed by atoms with E-state index in [0.29, 0.717) is 0 Å². The van der Waals surface area contributed by atoms with Crippen molar-refractivity contribution in [2.75, 3.05) is 0 Å². The largest absolute Gasteiger partial charge is 0.0776 e. The molecule has 0 nitrogen and oxygen atoms in total. The Bertz CT molecular complexity index is 109.